The molecule has 0 unspecified atom stereocenters. The maximum Gasteiger partial charge on any atom is 0.253 e. The van der Waals surface area contributed by atoms with E-state index in [0.29, 0.717) is 6.54 Å². The van der Waals surface area contributed by atoms with Crippen molar-refractivity contribution in [2.75, 3.05) is 26.7 Å². The predicted octanol–water partition coefficient (Wildman–Crippen LogP) is 0.848. The monoisotopic (exact) mass is 259 g/mol. The number of likely N-dealkylation sites (tertiary alicyclic amines) is 1. The molecule has 102 valence electrons. The zero-order valence-electron chi connectivity index (χ0n) is 11.4. The van der Waals surface area contributed by atoms with Crippen molar-refractivity contribution in [3.8, 4) is 0 Å². The van der Waals surface area contributed by atoms with Crippen LogP contribution in [0.25, 0.3) is 0 Å². The van der Waals surface area contributed by atoms with Crippen LogP contribution >= 0.6 is 0 Å². The third kappa shape index (κ3) is 2.51. The number of rotatable bonds is 1. The van der Waals surface area contributed by atoms with Gasteiger partial charge in [-0.15, -0.1) is 0 Å². The Kier molecular flexibility index (Phi) is 3.29. The molecule has 0 bridgehead atoms. The van der Waals surface area contributed by atoms with Crippen LogP contribution in [0.4, 0.5) is 0 Å². The molecule has 2 N–H and O–H groups in total. The van der Waals surface area contributed by atoms with Gasteiger partial charge in [-0.1, -0.05) is 6.07 Å². The molecule has 1 saturated heterocycles. The van der Waals surface area contributed by atoms with Crippen LogP contribution in [0.3, 0.4) is 0 Å². The lowest BCUT2D eigenvalue weighted by Crippen LogP contribution is -2.32. The number of nitrogens with two attached hydrogens (primary N) is 1. The van der Waals surface area contributed by atoms with E-state index in [1.807, 2.05) is 11.0 Å². The highest BCUT2D eigenvalue weighted by molar-refractivity contribution is 5.94. The highest BCUT2D eigenvalue weighted by Crippen LogP contribution is 2.21. The van der Waals surface area contributed by atoms with Gasteiger partial charge in [0.05, 0.1) is 0 Å². The third-order valence-electron chi connectivity index (χ3n) is 4.17. The molecule has 2 heterocycles. The number of fused-ring (bicyclic) bond motifs is 1. The van der Waals surface area contributed by atoms with E-state index in [2.05, 4.69) is 24.1 Å². The smallest absolute Gasteiger partial charge is 0.253 e. The van der Waals surface area contributed by atoms with Crippen LogP contribution in [-0.2, 0) is 13.0 Å². The van der Waals surface area contributed by atoms with Crippen molar-refractivity contribution in [1.29, 1.82) is 0 Å². The minimum Gasteiger partial charge on any atom is -0.337 e. The maximum atomic E-state index is 12.4. The normalized spacial score (nSPS) is 23.5. The Labute approximate surface area is 114 Å². The second-order valence-corrected chi connectivity index (χ2v) is 5.77. The molecule has 0 radical (unpaired) electrons. The van der Waals surface area contributed by atoms with E-state index in [1.54, 1.807) is 0 Å². The molecule has 0 saturated carbocycles. The van der Waals surface area contributed by atoms with Gasteiger partial charge in [0.1, 0.15) is 0 Å². The number of carbonyl (C=O) groups excluding carboxylic acids is 1. The molecule has 4 nitrogen and oxygen atoms in total. The van der Waals surface area contributed by atoms with Gasteiger partial charge in [0.15, 0.2) is 0 Å². The first-order valence-electron chi connectivity index (χ1n) is 6.98. The topological polar surface area (TPSA) is 49.6 Å². The maximum absolute atomic E-state index is 12.4. The van der Waals surface area contributed by atoms with Crippen LogP contribution in [0.2, 0.25) is 0 Å². The molecule has 0 spiro atoms. The molecule has 0 aromatic heterocycles. The number of nitrogens with zero attached hydrogens (tertiary/aromatic N) is 2. The molecule has 3 rings (SSSR count). The molecule has 1 atom stereocenters. The van der Waals surface area contributed by atoms with Gasteiger partial charge < -0.3 is 15.5 Å². The molecule has 2 aliphatic rings. The fourth-order valence-electron chi connectivity index (χ4n) is 2.98. The highest BCUT2D eigenvalue weighted by Gasteiger charge is 2.25. The highest BCUT2D eigenvalue weighted by atomic mass is 16.2. The molecule has 2 aliphatic heterocycles. The van der Waals surface area contributed by atoms with Crippen LogP contribution in [0, 0.1) is 0 Å². The average molecular weight is 259 g/mol. The summed E-state index contributed by atoms with van der Waals surface area (Å²) >= 11 is 0. The number of amides is 1. The van der Waals surface area contributed by atoms with Gasteiger partial charge in [0.25, 0.3) is 5.91 Å². The Morgan fingerprint density at radius 3 is 2.89 bits per heavy atom. The molecule has 1 aromatic carbocycles. The van der Waals surface area contributed by atoms with Crippen molar-refractivity contribution in [1.82, 2.24) is 9.80 Å². The van der Waals surface area contributed by atoms with Crippen molar-refractivity contribution in [3.05, 3.63) is 34.9 Å². The Bertz CT molecular complexity index is 500. The molecule has 19 heavy (non-hydrogen) atoms. The molecule has 4 heteroatoms. The molecule has 0 aliphatic carbocycles. The standard InChI is InChI=1S/C15H21N3O/c1-17-6-4-11-8-12(2-3-13(11)9-17)15(19)18-7-5-14(16)10-18/h2-3,8,14H,4-7,9-10,16H2,1H3/t14-/m1/s1. The first-order chi connectivity index (χ1) is 9.13. The quantitative estimate of drug-likeness (QED) is 0.813. The summed E-state index contributed by atoms with van der Waals surface area (Å²) in [7, 11) is 2.13. The van der Waals surface area contributed by atoms with Crippen molar-refractivity contribution in [3.63, 3.8) is 0 Å². The fraction of sp³-hybridized carbons (Fsp3) is 0.533. The van der Waals surface area contributed by atoms with Crippen LogP contribution in [0.1, 0.15) is 27.9 Å². The van der Waals surface area contributed by atoms with E-state index in [4.69, 9.17) is 5.73 Å². The summed E-state index contributed by atoms with van der Waals surface area (Å²) in [6.07, 6.45) is 1.95. The summed E-state index contributed by atoms with van der Waals surface area (Å²) in [5.74, 6) is 0.134. The van der Waals surface area contributed by atoms with E-state index in [9.17, 15) is 4.79 Å². The van der Waals surface area contributed by atoms with Crippen LogP contribution < -0.4 is 5.73 Å². The summed E-state index contributed by atoms with van der Waals surface area (Å²) in [5.41, 5.74) is 9.36. The Hall–Kier alpha value is -1.39. The lowest BCUT2D eigenvalue weighted by atomic mass is 9.97. The van der Waals surface area contributed by atoms with Gasteiger partial charge in [-0.2, -0.15) is 0 Å². The minimum atomic E-state index is 0.134. The fourth-order valence-corrected chi connectivity index (χ4v) is 2.98. The van der Waals surface area contributed by atoms with E-state index in [-0.39, 0.29) is 11.9 Å². The largest absolute Gasteiger partial charge is 0.337 e. The first-order valence-corrected chi connectivity index (χ1v) is 6.98. The van der Waals surface area contributed by atoms with E-state index >= 15 is 0 Å². The zero-order valence-corrected chi connectivity index (χ0v) is 11.4. The second kappa shape index (κ2) is 4.94. The molecule has 1 amide bonds. The summed E-state index contributed by atoms with van der Waals surface area (Å²) in [4.78, 5) is 16.6. The summed E-state index contributed by atoms with van der Waals surface area (Å²) in [5, 5.41) is 0. The SMILES string of the molecule is CN1CCc2cc(C(=O)N3CC[C@@H](N)C3)ccc2C1. The third-order valence-corrected chi connectivity index (χ3v) is 4.17. The molecule has 1 fully saturated rings. The van der Waals surface area contributed by atoms with Crippen LogP contribution in [0.15, 0.2) is 18.2 Å². The van der Waals surface area contributed by atoms with Gasteiger partial charge in [0, 0.05) is 37.8 Å². The van der Waals surface area contributed by atoms with E-state index in [0.717, 1.165) is 38.0 Å². The van der Waals surface area contributed by atoms with Gasteiger partial charge in [-0.05, 0) is 43.1 Å². The molecular formula is C15H21N3O. The van der Waals surface area contributed by atoms with Crippen molar-refractivity contribution >= 4 is 5.91 Å². The van der Waals surface area contributed by atoms with Crippen LogP contribution in [0.5, 0.6) is 0 Å². The van der Waals surface area contributed by atoms with Gasteiger partial charge in [0.2, 0.25) is 0 Å². The summed E-state index contributed by atoms with van der Waals surface area (Å²) in [6, 6.07) is 6.29. The van der Waals surface area contributed by atoms with E-state index < -0.39 is 0 Å². The second-order valence-electron chi connectivity index (χ2n) is 5.77. The number of hydrogen-bond acceptors (Lipinski definition) is 3. The van der Waals surface area contributed by atoms with Crippen molar-refractivity contribution in [2.24, 2.45) is 5.73 Å². The molecule has 1 aromatic rings. The Morgan fingerprint density at radius 2 is 2.16 bits per heavy atom. The Morgan fingerprint density at radius 1 is 1.32 bits per heavy atom. The van der Waals surface area contributed by atoms with Crippen LogP contribution in [-0.4, -0.2) is 48.4 Å². The number of hydrogen-bond donors (Lipinski definition) is 1. The van der Waals surface area contributed by atoms with Gasteiger partial charge in [-0.25, -0.2) is 0 Å². The first kappa shape index (κ1) is 12.6. The number of likely N-dealkylation sites (N-methyl/N-ethyl adjacent to an activating group) is 1. The number of benzene rings is 1. The Balaban J connectivity index is 1.80. The zero-order chi connectivity index (χ0) is 13.4. The number of carbonyl (C=O) groups is 1. The van der Waals surface area contributed by atoms with Crippen molar-refractivity contribution in [2.45, 2.75) is 25.4 Å². The summed E-state index contributed by atoms with van der Waals surface area (Å²) < 4.78 is 0. The predicted molar refractivity (Wildman–Crippen MR) is 75.0 cm³/mol. The lowest BCUT2D eigenvalue weighted by Gasteiger charge is -2.25. The average Bonchev–Trinajstić information content (AvgIpc) is 2.84. The van der Waals surface area contributed by atoms with Gasteiger partial charge in [-0.3, -0.25) is 4.79 Å². The van der Waals surface area contributed by atoms with Gasteiger partial charge >= 0.3 is 0 Å². The molecular weight excluding hydrogens is 238 g/mol. The lowest BCUT2D eigenvalue weighted by molar-refractivity contribution is 0.0790. The van der Waals surface area contributed by atoms with E-state index in [1.165, 1.54) is 11.1 Å². The van der Waals surface area contributed by atoms with Crippen molar-refractivity contribution < 1.29 is 4.79 Å². The minimum absolute atomic E-state index is 0.134. The summed E-state index contributed by atoms with van der Waals surface area (Å²) in [6.45, 7) is 3.54.